The van der Waals surface area contributed by atoms with E-state index >= 15 is 0 Å². The van der Waals surface area contributed by atoms with Crippen molar-refractivity contribution in [3.8, 4) is 0 Å². The van der Waals surface area contributed by atoms with Crippen LogP contribution in [0, 0.1) is 5.92 Å². The lowest BCUT2D eigenvalue weighted by Crippen LogP contribution is -2.42. The van der Waals surface area contributed by atoms with Gasteiger partial charge in [-0.2, -0.15) is 4.31 Å². The average Bonchev–Trinajstić information content (AvgIpc) is 2.77. The smallest absolute Gasteiger partial charge is 0.252 e. The third kappa shape index (κ3) is 4.20. The number of piperidine rings is 1. The van der Waals surface area contributed by atoms with Gasteiger partial charge in [0.05, 0.1) is 8.81 Å². The summed E-state index contributed by atoms with van der Waals surface area (Å²) in [5.41, 5.74) is 0. The minimum atomic E-state index is -3.48. The fraction of sp³-hybridized carbons (Fsp3) is 0.692. The van der Waals surface area contributed by atoms with Gasteiger partial charge in [0.25, 0.3) is 10.0 Å². The SMILES string of the molecule is CC(C)N(CC1CCNCC1)S(=O)(=O)c1cc(Cl)c(Br)s1. The molecule has 120 valence electrons. The molecule has 4 nitrogen and oxygen atoms in total. The Hall–Kier alpha value is 0.340. The Kier molecular flexibility index (Phi) is 6.13. The normalized spacial score (nSPS) is 17.8. The molecular formula is C13H20BrClN2O2S2. The first-order valence-electron chi connectivity index (χ1n) is 6.99. The molecule has 0 aliphatic carbocycles. The molecule has 1 saturated heterocycles. The summed E-state index contributed by atoms with van der Waals surface area (Å²) >= 11 is 10.4. The molecule has 0 amide bonds. The summed E-state index contributed by atoms with van der Waals surface area (Å²) in [4.78, 5) is 0. The van der Waals surface area contributed by atoms with Gasteiger partial charge < -0.3 is 5.32 Å². The largest absolute Gasteiger partial charge is 0.317 e. The maximum atomic E-state index is 12.9. The summed E-state index contributed by atoms with van der Waals surface area (Å²) in [7, 11) is -3.48. The van der Waals surface area contributed by atoms with Gasteiger partial charge in [0.1, 0.15) is 4.21 Å². The first-order valence-corrected chi connectivity index (χ1v) is 10.4. The maximum Gasteiger partial charge on any atom is 0.252 e. The quantitative estimate of drug-likeness (QED) is 0.800. The van der Waals surface area contributed by atoms with Crippen LogP contribution >= 0.6 is 38.9 Å². The van der Waals surface area contributed by atoms with E-state index in [0.717, 1.165) is 25.9 Å². The Morgan fingerprint density at radius 2 is 2.10 bits per heavy atom. The number of hydrogen-bond acceptors (Lipinski definition) is 4. The lowest BCUT2D eigenvalue weighted by Gasteiger charge is -2.31. The molecule has 1 fully saturated rings. The van der Waals surface area contributed by atoms with Gasteiger partial charge in [-0.05, 0) is 67.7 Å². The standard InChI is InChI=1S/C13H20BrClN2O2S2/c1-9(2)17(8-10-3-5-16-6-4-10)21(18,19)12-7-11(15)13(14)20-12/h7,9-10,16H,3-6,8H2,1-2H3. The van der Waals surface area contributed by atoms with E-state index in [1.165, 1.54) is 17.4 Å². The molecule has 0 saturated carbocycles. The topological polar surface area (TPSA) is 49.4 Å². The van der Waals surface area contributed by atoms with E-state index in [9.17, 15) is 8.42 Å². The Morgan fingerprint density at radius 1 is 1.48 bits per heavy atom. The molecule has 1 N–H and O–H groups in total. The van der Waals surface area contributed by atoms with Gasteiger partial charge in [-0.3, -0.25) is 0 Å². The zero-order valence-corrected chi connectivity index (χ0v) is 16.1. The molecular weight excluding hydrogens is 396 g/mol. The van der Waals surface area contributed by atoms with Gasteiger partial charge >= 0.3 is 0 Å². The van der Waals surface area contributed by atoms with Gasteiger partial charge in [-0.15, -0.1) is 11.3 Å². The van der Waals surface area contributed by atoms with Crippen molar-refractivity contribution in [1.82, 2.24) is 9.62 Å². The summed E-state index contributed by atoms with van der Waals surface area (Å²) in [5, 5.41) is 3.76. The zero-order chi connectivity index (χ0) is 15.6. The van der Waals surface area contributed by atoms with Gasteiger partial charge in [0.2, 0.25) is 0 Å². The molecule has 0 radical (unpaired) electrons. The van der Waals surface area contributed by atoms with Crippen LogP contribution in [0.1, 0.15) is 26.7 Å². The highest BCUT2D eigenvalue weighted by Crippen LogP contribution is 2.36. The number of sulfonamides is 1. The Balaban J connectivity index is 2.23. The zero-order valence-electron chi connectivity index (χ0n) is 12.1. The van der Waals surface area contributed by atoms with Crippen LogP contribution in [-0.2, 0) is 10.0 Å². The highest BCUT2D eigenvalue weighted by Gasteiger charge is 2.31. The van der Waals surface area contributed by atoms with E-state index in [0.29, 0.717) is 25.5 Å². The van der Waals surface area contributed by atoms with Gasteiger partial charge in [-0.1, -0.05) is 11.6 Å². The van der Waals surface area contributed by atoms with E-state index in [1.807, 2.05) is 13.8 Å². The molecule has 1 aromatic rings. The molecule has 0 bridgehead atoms. The van der Waals surface area contributed by atoms with Crippen LogP contribution in [0.3, 0.4) is 0 Å². The van der Waals surface area contributed by atoms with Crippen molar-refractivity contribution in [2.45, 2.75) is 36.9 Å². The van der Waals surface area contributed by atoms with E-state index in [-0.39, 0.29) is 6.04 Å². The molecule has 8 heteroatoms. The summed E-state index contributed by atoms with van der Waals surface area (Å²) < 4.78 is 28.3. The highest BCUT2D eigenvalue weighted by molar-refractivity contribution is 9.11. The first-order chi connectivity index (χ1) is 9.82. The second kappa shape index (κ2) is 7.27. The highest BCUT2D eigenvalue weighted by atomic mass is 79.9. The first kappa shape index (κ1) is 17.7. The second-order valence-electron chi connectivity index (χ2n) is 5.55. The van der Waals surface area contributed by atoms with Crippen molar-refractivity contribution in [3.63, 3.8) is 0 Å². The molecule has 2 heterocycles. The van der Waals surface area contributed by atoms with Crippen molar-refractivity contribution in [1.29, 1.82) is 0 Å². The molecule has 1 aliphatic heterocycles. The van der Waals surface area contributed by atoms with Gasteiger partial charge in [0, 0.05) is 12.6 Å². The van der Waals surface area contributed by atoms with Crippen LogP contribution in [0.15, 0.2) is 14.1 Å². The molecule has 2 rings (SSSR count). The number of nitrogens with one attached hydrogen (secondary N) is 1. The van der Waals surface area contributed by atoms with Crippen LogP contribution in [0.4, 0.5) is 0 Å². The molecule has 21 heavy (non-hydrogen) atoms. The van der Waals surface area contributed by atoms with Crippen LogP contribution < -0.4 is 5.32 Å². The predicted molar refractivity (Wildman–Crippen MR) is 91.7 cm³/mol. The Bertz CT molecular complexity index is 563. The van der Waals surface area contributed by atoms with Crippen molar-refractivity contribution in [2.24, 2.45) is 5.92 Å². The molecule has 0 spiro atoms. The fourth-order valence-electron chi connectivity index (χ4n) is 2.47. The van der Waals surface area contributed by atoms with Gasteiger partial charge in [-0.25, -0.2) is 8.42 Å². The van der Waals surface area contributed by atoms with E-state index in [4.69, 9.17) is 11.6 Å². The lowest BCUT2D eigenvalue weighted by atomic mass is 9.98. The summed E-state index contributed by atoms with van der Waals surface area (Å²) in [6, 6.07) is 1.47. The number of nitrogens with zero attached hydrogens (tertiary/aromatic N) is 1. The molecule has 0 atom stereocenters. The molecule has 1 aliphatic rings. The van der Waals surface area contributed by atoms with Crippen LogP contribution in [0.25, 0.3) is 0 Å². The third-order valence-electron chi connectivity index (χ3n) is 3.66. The molecule has 0 aromatic carbocycles. The Labute approximate surface area is 144 Å². The van der Waals surface area contributed by atoms with Crippen LogP contribution in [0.5, 0.6) is 0 Å². The van der Waals surface area contributed by atoms with E-state index < -0.39 is 10.0 Å². The number of rotatable bonds is 5. The minimum absolute atomic E-state index is 0.0652. The van der Waals surface area contributed by atoms with Crippen molar-refractivity contribution >= 4 is 48.9 Å². The predicted octanol–water partition coefficient (Wildman–Crippen LogP) is 3.56. The third-order valence-corrected chi connectivity index (χ3v) is 8.62. The Morgan fingerprint density at radius 3 is 2.57 bits per heavy atom. The van der Waals surface area contributed by atoms with E-state index in [1.54, 1.807) is 4.31 Å². The minimum Gasteiger partial charge on any atom is -0.317 e. The van der Waals surface area contributed by atoms with E-state index in [2.05, 4.69) is 21.2 Å². The number of halogens is 2. The second-order valence-corrected chi connectivity index (χ2v) is 10.4. The lowest BCUT2D eigenvalue weighted by molar-refractivity contribution is 0.261. The summed E-state index contributed by atoms with van der Waals surface area (Å²) in [6.45, 7) is 6.35. The van der Waals surface area contributed by atoms with Crippen LogP contribution in [-0.4, -0.2) is 38.4 Å². The van der Waals surface area contributed by atoms with Crippen molar-refractivity contribution in [2.75, 3.05) is 19.6 Å². The molecule has 1 aromatic heterocycles. The van der Waals surface area contributed by atoms with Gasteiger partial charge in [0.15, 0.2) is 0 Å². The summed E-state index contributed by atoms with van der Waals surface area (Å²) in [5.74, 6) is 0.419. The number of thiophene rings is 1. The maximum absolute atomic E-state index is 12.9. The van der Waals surface area contributed by atoms with Crippen molar-refractivity contribution in [3.05, 3.63) is 14.9 Å². The van der Waals surface area contributed by atoms with Crippen molar-refractivity contribution < 1.29 is 8.42 Å². The molecule has 0 unspecified atom stereocenters. The monoisotopic (exact) mass is 414 g/mol. The average molecular weight is 416 g/mol. The summed E-state index contributed by atoms with van der Waals surface area (Å²) in [6.07, 6.45) is 2.04. The fourth-order valence-corrected chi connectivity index (χ4v) is 6.72. The van der Waals surface area contributed by atoms with Crippen LogP contribution in [0.2, 0.25) is 5.02 Å². The number of hydrogen-bond donors (Lipinski definition) is 1.